The maximum absolute atomic E-state index is 11.0. The lowest BCUT2D eigenvalue weighted by Gasteiger charge is -2.17. The van der Waals surface area contributed by atoms with Gasteiger partial charge in [-0.05, 0) is 27.7 Å². The molecule has 0 heterocycles. The second kappa shape index (κ2) is 4.63. The molecule has 0 radical (unpaired) electrons. The molecule has 0 unspecified atom stereocenters. The number of rotatable bonds is 3. The summed E-state index contributed by atoms with van der Waals surface area (Å²) in [7, 11) is 0. The molecule has 6 heteroatoms. The molecule has 0 N–H and O–H groups in total. The van der Waals surface area contributed by atoms with E-state index in [1.54, 1.807) is 12.1 Å². The van der Waals surface area contributed by atoms with Crippen LogP contribution in [-0.4, -0.2) is 17.4 Å². The first kappa shape index (κ1) is 13.2. The van der Waals surface area contributed by atoms with E-state index in [0.717, 1.165) is 0 Å². The van der Waals surface area contributed by atoms with E-state index in [-0.39, 0.29) is 0 Å². The highest BCUT2D eigenvalue weighted by Crippen LogP contribution is 2.12. The Bertz CT molecular complexity index is 322. The van der Waals surface area contributed by atoms with Crippen molar-refractivity contribution in [3.8, 4) is 12.1 Å². The van der Waals surface area contributed by atoms with Gasteiger partial charge in [0.15, 0.2) is 11.2 Å². The normalized spacial score (nSPS) is 11.1. The van der Waals surface area contributed by atoms with Gasteiger partial charge in [-0.15, -0.1) is 0 Å². The van der Waals surface area contributed by atoms with Gasteiger partial charge in [-0.3, -0.25) is 4.89 Å². The molecular weight excluding hydrogens is 200 g/mol. The summed E-state index contributed by atoms with van der Waals surface area (Å²) in [6, 6.07) is 3.49. The molecule has 6 nitrogen and oxygen atoms in total. The fraction of sp³-hybridized carbons (Fsp3) is 0.667. The highest BCUT2D eigenvalue weighted by molar-refractivity contribution is 5.60. The van der Waals surface area contributed by atoms with Crippen LogP contribution in [0.1, 0.15) is 27.7 Å². The molecule has 0 spiro atoms. The molecule has 0 aromatic heterocycles. The van der Waals surface area contributed by atoms with E-state index in [1.165, 1.54) is 27.7 Å². The molecule has 0 atom stereocenters. The van der Waals surface area contributed by atoms with Crippen LogP contribution in [0.15, 0.2) is 0 Å². The molecule has 0 aromatic rings. The fourth-order valence-corrected chi connectivity index (χ4v) is 0.405. The van der Waals surface area contributed by atoms with Gasteiger partial charge in [0.05, 0.1) is 0 Å². The van der Waals surface area contributed by atoms with Crippen LogP contribution in [0.2, 0.25) is 0 Å². The Kier molecular flexibility index (Phi) is 4.07. The predicted octanol–water partition coefficient (Wildman–Crippen LogP) is 1.68. The lowest BCUT2D eigenvalue weighted by Crippen LogP contribution is -2.29. The summed E-state index contributed by atoms with van der Waals surface area (Å²) in [4.78, 5) is 19.6. The van der Waals surface area contributed by atoms with Gasteiger partial charge >= 0.3 is 6.16 Å². The maximum atomic E-state index is 11.0. The van der Waals surface area contributed by atoms with Crippen molar-refractivity contribution in [2.45, 2.75) is 38.9 Å². The molecule has 15 heavy (non-hydrogen) atoms. The second-order valence-electron chi connectivity index (χ2n) is 3.76. The summed E-state index contributed by atoms with van der Waals surface area (Å²) in [5.74, 6) is 0. The van der Waals surface area contributed by atoms with Crippen molar-refractivity contribution < 1.29 is 19.3 Å². The number of carbonyl (C=O) groups is 1. The molecule has 0 amide bonds. The average Bonchev–Trinajstić information content (AvgIpc) is 2.15. The van der Waals surface area contributed by atoms with Crippen LogP contribution in [0.4, 0.5) is 4.79 Å². The van der Waals surface area contributed by atoms with Crippen molar-refractivity contribution in [3.05, 3.63) is 0 Å². The average molecular weight is 212 g/mol. The third-order valence-electron chi connectivity index (χ3n) is 1.20. The third-order valence-corrected chi connectivity index (χ3v) is 1.20. The van der Waals surface area contributed by atoms with Crippen molar-refractivity contribution in [1.29, 1.82) is 10.5 Å². The van der Waals surface area contributed by atoms with Crippen molar-refractivity contribution >= 4 is 6.16 Å². The highest BCUT2D eigenvalue weighted by atomic mass is 17.2. The van der Waals surface area contributed by atoms with Gasteiger partial charge in [0.1, 0.15) is 12.1 Å². The monoisotopic (exact) mass is 212 g/mol. The summed E-state index contributed by atoms with van der Waals surface area (Å²) >= 11 is 0. The van der Waals surface area contributed by atoms with Gasteiger partial charge in [-0.1, -0.05) is 0 Å². The van der Waals surface area contributed by atoms with E-state index in [0.29, 0.717) is 0 Å². The summed E-state index contributed by atoms with van der Waals surface area (Å²) < 4.78 is 4.57. The minimum Gasteiger partial charge on any atom is -0.411 e. The smallest absolute Gasteiger partial charge is 0.411 e. The van der Waals surface area contributed by atoms with Crippen LogP contribution < -0.4 is 0 Å². The van der Waals surface area contributed by atoms with Gasteiger partial charge < -0.3 is 4.74 Å². The lowest BCUT2D eigenvalue weighted by atomic mass is 10.2. The van der Waals surface area contributed by atoms with E-state index in [9.17, 15) is 4.79 Å². The molecular formula is C9H12N2O4. The van der Waals surface area contributed by atoms with Crippen molar-refractivity contribution in [3.63, 3.8) is 0 Å². The van der Waals surface area contributed by atoms with E-state index in [4.69, 9.17) is 10.5 Å². The van der Waals surface area contributed by atoms with Crippen LogP contribution in [-0.2, 0) is 14.5 Å². The number of hydrogen-bond acceptors (Lipinski definition) is 6. The largest absolute Gasteiger partial charge is 0.542 e. The fourth-order valence-electron chi connectivity index (χ4n) is 0.405. The van der Waals surface area contributed by atoms with Crippen molar-refractivity contribution in [2.75, 3.05) is 0 Å². The quantitative estimate of drug-likeness (QED) is 0.401. The van der Waals surface area contributed by atoms with E-state index >= 15 is 0 Å². The molecule has 0 rings (SSSR count). The molecule has 82 valence electrons. The zero-order chi connectivity index (χ0) is 12.1. The Labute approximate surface area is 87.9 Å². The Morgan fingerprint density at radius 1 is 1.07 bits per heavy atom. The van der Waals surface area contributed by atoms with Crippen LogP contribution in [0, 0.1) is 22.7 Å². The van der Waals surface area contributed by atoms with E-state index < -0.39 is 17.4 Å². The van der Waals surface area contributed by atoms with Gasteiger partial charge in [0.25, 0.3) is 0 Å². The van der Waals surface area contributed by atoms with Crippen LogP contribution in [0.25, 0.3) is 0 Å². The Morgan fingerprint density at radius 2 is 1.53 bits per heavy atom. The Hall–Kier alpha value is -1.79. The molecule has 0 aliphatic heterocycles. The summed E-state index contributed by atoms with van der Waals surface area (Å²) in [6.07, 6.45) is -1.16. The molecule has 0 aliphatic rings. The summed E-state index contributed by atoms with van der Waals surface area (Å²) in [5.41, 5.74) is -2.55. The Morgan fingerprint density at radius 3 is 1.93 bits per heavy atom. The molecule has 0 fully saturated rings. The van der Waals surface area contributed by atoms with Gasteiger partial charge in [0.2, 0.25) is 0 Å². The first-order valence-electron chi connectivity index (χ1n) is 4.13. The SMILES string of the molecule is CC(C)(C#N)OOC(=O)OC(C)(C)C#N. The standard InChI is InChI=1S/C9H12N2O4/c1-8(2,5-10)13-7(12)14-15-9(3,4)6-11/h1-4H3. The lowest BCUT2D eigenvalue weighted by molar-refractivity contribution is -0.303. The number of nitrogens with zero attached hydrogens (tertiary/aromatic N) is 2. The van der Waals surface area contributed by atoms with E-state index in [1.807, 2.05) is 0 Å². The van der Waals surface area contributed by atoms with Crippen LogP contribution in [0.5, 0.6) is 0 Å². The summed E-state index contributed by atoms with van der Waals surface area (Å²) in [5, 5.41) is 17.1. The molecule has 0 saturated heterocycles. The molecule has 0 aliphatic carbocycles. The first-order valence-corrected chi connectivity index (χ1v) is 4.13. The van der Waals surface area contributed by atoms with Crippen LogP contribution >= 0.6 is 0 Å². The van der Waals surface area contributed by atoms with Gasteiger partial charge in [-0.2, -0.15) is 15.4 Å². The molecule has 0 saturated carbocycles. The minimum atomic E-state index is -1.29. The first-order chi connectivity index (χ1) is 6.72. The zero-order valence-electron chi connectivity index (χ0n) is 9.03. The highest BCUT2D eigenvalue weighted by Gasteiger charge is 2.27. The topological polar surface area (TPSA) is 92.3 Å². The number of ether oxygens (including phenoxy) is 1. The number of carbonyl (C=O) groups excluding carboxylic acids is 1. The van der Waals surface area contributed by atoms with Crippen molar-refractivity contribution in [1.82, 2.24) is 0 Å². The minimum absolute atomic E-state index is 1.16. The summed E-state index contributed by atoms with van der Waals surface area (Å²) in [6.45, 7) is 5.61. The third kappa shape index (κ3) is 5.50. The van der Waals surface area contributed by atoms with Gasteiger partial charge in [-0.25, -0.2) is 4.79 Å². The molecule has 0 bridgehead atoms. The van der Waals surface area contributed by atoms with E-state index in [2.05, 4.69) is 14.5 Å². The Balaban J connectivity index is 4.10. The maximum Gasteiger partial charge on any atom is 0.542 e. The van der Waals surface area contributed by atoms with Crippen LogP contribution in [0.3, 0.4) is 0 Å². The zero-order valence-corrected chi connectivity index (χ0v) is 9.03. The second-order valence-corrected chi connectivity index (χ2v) is 3.76. The van der Waals surface area contributed by atoms with Crippen molar-refractivity contribution in [2.24, 2.45) is 0 Å². The number of nitriles is 2. The van der Waals surface area contributed by atoms with Gasteiger partial charge in [0, 0.05) is 0 Å². The predicted molar refractivity (Wildman–Crippen MR) is 48.0 cm³/mol. The molecule has 0 aromatic carbocycles. The number of hydrogen-bond donors (Lipinski definition) is 0.